The predicted octanol–water partition coefficient (Wildman–Crippen LogP) is 2.79. The highest BCUT2D eigenvalue weighted by molar-refractivity contribution is 5.79. The zero-order chi connectivity index (χ0) is 19.7. The summed E-state index contributed by atoms with van der Waals surface area (Å²) in [5.41, 5.74) is -0.799. The van der Waals surface area contributed by atoms with Crippen LogP contribution in [0.15, 0.2) is 52.1 Å². The van der Waals surface area contributed by atoms with Crippen LogP contribution in [-0.2, 0) is 12.7 Å². The van der Waals surface area contributed by atoms with Crippen molar-refractivity contribution in [2.24, 2.45) is 4.99 Å². The van der Waals surface area contributed by atoms with Gasteiger partial charge in [0.15, 0.2) is 5.96 Å². The highest BCUT2D eigenvalue weighted by Gasteiger charge is 2.30. The van der Waals surface area contributed by atoms with Crippen molar-refractivity contribution in [3.05, 3.63) is 54.0 Å². The quantitative estimate of drug-likeness (QED) is 0.481. The van der Waals surface area contributed by atoms with Crippen molar-refractivity contribution in [1.82, 2.24) is 10.6 Å². The molecule has 1 aromatic heterocycles. The van der Waals surface area contributed by atoms with Crippen molar-refractivity contribution in [2.75, 3.05) is 19.7 Å². The molecule has 0 aliphatic carbocycles. The monoisotopic (exact) mass is 385 g/mol. The second-order valence-corrected chi connectivity index (χ2v) is 5.65. The fraction of sp³-hybridized carbons (Fsp3) is 0.389. The van der Waals surface area contributed by atoms with Crippen molar-refractivity contribution in [3.8, 4) is 5.75 Å². The Labute approximate surface area is 155 Å². The van der Waals surface area contributed by atoms with Crippen LogP contribution >= 0.6 is 0 Å². The molecule has 0 fully saturated rings. The van der Waals surface area contributed by atoms with Crippen LogP contribution in [0.3, 0.4) is 0 Å². The normalized spacial score (nSPS) is 13.3. The number of halogens is 3. The number of furan rings is 1. The standard InChI is InChI=1S/C18H22F3N3O3/c1-2-22-17(24-11-16-7-4-8-26-16)23-10-14(25)12-27-15-6-3-5-13(9-15)18(19,20)21/h3-9,14,25H,2,10-12H2,1H3,(H2,22,23,24). The van der Waals surface area contributed by atoms with E-state index in [1.165, 1.54) is 12.1 Å². The molecule has 27 heavy (non-hydrogen) atoms. The number of rotatable bonds is 8. The van der Waals surface area contributed by atoms with Crippen LogP contribution < -0.4 is 15.4 Å². The molecule has 1 unspecified atom stereocenters. The van der Waals surface area contributed by atoms with Gasteiger partial charge in [-0.25, -0.2) is 4.99 Å². The Morgan fingerprint density at radius 3 is 2.74 bits per heavy atom. The fourth-order valence-corrected chi connectivity index (χ4v) is 2.13. The molecule has 0 aliphatic rings. The third kappa shape index (κ3) is 7.22. The fourth-order valence-electron chi connectivity index (χ4n) is 2.13. The molecule has 0 radical (unpaired) electrons. The Kier molecular flexibility index (Phi) is 7.54. The van der Waals surface area contributed by atoms with Crippen LogP contribution in [0.5, 0.6) is 5.75 Å². The number of benzene rings is 1. The molecule has 0 amide bonds. The van der Waals surface area contributed by atoms with Gasteiger partial charge < -0.3 is 24.9 Å². The molecular weight excluding hydrogens is 363 g/mol. The molecule has 148 valence electrons. The summed E-state index contributed by atoms with van der Waals surface area (Å²) < 4.78 is 48.5. The van der Waals surface area contributed by atoms with E-state index in [0.717, 1.165) is 12.1 Å². The number of aliphatic hydroxyl groups excluding tert-OH is 1. The van der Waals surface area contributed by atoms with E-state index in [9.17, 15) is 18.3 Å². The summed E-state index contributed by atoms with van der Waals surface area (Å²) in [7, 11) is 0. The highest BCUT2D eigenvalue weighted by atomic mass is 19.4. The molecular formula is C18H22F3N3O3. The van der Waals surface area contributed by atoms with Gasteiger partial charge in [-0.05, 0) is 37.3 Å². The number of alkyl halides is 3. The maximum Gasteiger partial charge on any atom is 0.416 e. The zero-order valence-electron chi connectivity index (χ0n) is 14.8. The summed E-state index contributed by atoms with van der Waals surface area (Å²) >= 11 is 0. The Bertz CT molecular complexity index is 718. The third-order valence-electron chi connectivity index (χ3n) is 3.43. The van der Waals surface area contributed by atoms with Crippen molar-refractivity contribution in [2.45, 2.75) is 25.7 Å². The van der Waals surface area contributed by atoms with Gasteiger partial charge >= 0.3 is 6.18 Å². The van der Waals surface area contributed by atoms with E-state index in [1.807, 2.05) is 6.92 Å². The van der Waals surface area contributed by atoms with Gasteiger partial charge in [0, 0.05) is 13.1 Å². The molecule has 1 aromatic carbocycles. The first-order chi connectivity index (χ1) is 12.9. The summed E-state index contributed by atoms with van der Waals surface area (Å²) in [5.74, 6) is 1.22. The summed E-state index contributed by atoms with van der Waals surface area (Å²) in [6.45, 7) is 2.81. The molecule has 0 aliphatic heterocycles. The molecule has 6 nitrogen and oxygen atoms in total. The lowest BCUT2D eigenvalue weighted by molar-refractivity contribution is -0.137. The van der Waals surface area contributed by atoms with E-state index >= 15 is 0 Å². The van der Waals surface area contributed by atoms with E-state index in [-0.39, 0.29) is 18.9 Å². The molecule has 1 heterocycles. The first-order valence-electron chi connectivity index (χ1n) is 8.41. The van der Waals surface area contributed by atoms with Gasteiger partial charge in [-0.3, -0.25) is 0 Å². The van der Waals surface area contributed by atoms with Crippen LogP contribution in [0, 0.1) is 0 Å². The van der Waals surface area contributed by atoms with Gasteiger partial charge in [0.1, 0.15) is 30.8 Å². The number of aliphatic imine (C=N–C) groups is 1. The Hall–Kier alpha value is -2.68. The van der Waals surface area contributed by atoms with Gasteiger partial charge in [-0.2, -0.15) is 13.2 Å². The molecule has 0 saturated heterocycles. The Morgan fingerprint density at radius 2 is 2.07 bits per heavy atom. The van der Waals surface area contributed by atoms with E-state index in [1.54, 1.807) is 18.4 Å². The van der Waals surface area contributed by atoms with Crippen LogP contribution in [0.2, 0.25) is 0 Å². The van der Waals surface area contributed by atoms with Crippen LogP contribution in [0.25, 0.3) is 0 Å². The topological polar surface area (TPSA) is 79.0 Å². The van der Waals surface area contributed by atoms with E-state index in [0.29, 0.717) is 24.8 Å². The number of hydrogen-bond acceptors (Lipinski definition) is 4. The van der Waals surface area contributed by atoms with E-state index in [2.05, 4.69) is 15.6 Å². The Balaban J connectivity index is 1.82. The maximum atomic E-state index is 12.7. The minimum Gasteiger partial charge on any atom is -0.491 e. The average Bonchev–Trinajstić information content (AvgIpc) is 3.15. The molecule has 2 rings (SSSR count). The molecule has 0 spiro atoms. The van der Waals surface area contributed by atoms with Gasteiger partial charge in [0.2, 0.25) is 0 Å². The number of guanidine groups is 1. The lowest BCUT2D eigenvalue weighted by atomic mass is 10.2. The van der Waals surface area contributed by atoms with E-state index in [4.69, 9.17) is 9.15 Å². The number of aliphatic hydroxyl groups is 1. The maximum absolute atomic E-state index is 12.7. The number of hydrogen-bond donors (Lipinski definition) is 3. The summed E-state index contributed by atoms with van der Waals surface area (Å²) in [5, 5.41) is 16.0. The zero-order valence-corrected chi connectivity index (χ0v) is 14.8. The average molecular weight is 385 g/mol. The van der Waals surface area contributed by atoms with Crippen molar-refractivity contribution < 1.29 is 27.4 Å². The van der Waals surface area contributed by atoms with Crippen LogP contribution in [0.4, 0.5) is 13.2 Å². The lowest BCUT2D eigenvalue weighted by Gasteiger charge is -2.16. The van der Waals surface area contributed by atoms with Crippen molar-refractivity contribution in [1.29, 1.82) is 0 Å². The molecule has 0 bridgehead atoms. The van der Waals surface area contributed by atoms with Gasteiger partial charge in [-0.1, -0.05) is 6.07 Å². The summed E-state index contributed by atoms with van der Waals surface area (Å²) in [6, 6.07) is 8.08. The minimum atomic E-state index is -4.44. The van der Waals surface area contributed by atoms with Crippen molar-refractivity contribution in [3.63, 3.8) is 0 Å². The minimum absolute atomic E-state index is 0.0438. The second kappa shape index (κ2) is 9.86. The molecule has 1 atom stereocenters. The SMILES string of the molecule is CCNC(=NCc1ccco1)NCC(O)COc1cccc(C(F)(F)F)c1. The number of nitrogens with zero attached hydrogens (tertiary/aromatic N) is 1. The van der Waals surface area contributed by atoms with Crippen molar-refractivity contribution >= 4 is 5.96 Å². The predicted molar refractivity (Wildman–Crippen MR) is 94.5 cm³/mol. The smallest absolute Gasteiger partial charge is 0.416 e. The van der Waals surface area contributed by atoms with Crippen LogP contribution in [0.1, 0.15) is 18.2 Å². The van der Waals surface area contributed by atoms with Crippen LogP contribution in [-0.4, -0.2) is 36.9 Å². The van der Waals surface area contributed by atoms with Gasteiger partial charge in [0.25, 0.3) is 0 Å². The summed E-state index contributed by atoms with van der Waals surface area (Å²) in [4.78, 5) is 4.31. The molecule has 2 aromatic rings. The number of nitrogens with one attached hydrogen (secondary N) is 2. The first-order valence-corrected chi connectivity index (χ1v) is 8.41. The third-order valence-corrected chi connectivity index (χ3v) is 3.43. The highest BCUT2D eigenvalue weighted by Crippen LogP contribution is 2.31. The van der Waals surface area contributed by atoms with Gasteiger partial charge in [0.05, 0.1) is 11.8 Å². The Morgan fingerprint density at radius 1 is 1.26 bits per heavy atom. The van der Waals surface area contributed by atoms with E-state index < -0.39 is 17.8 Å². The first kappa shape index (κ1) is 20.6. The van der Waals surface area contributed by atoms with Gasteiger partial charge in [-0.15, -0.1) is 0 Å². The summed E-state index contributed by atoms with van der Waals surface area (Å²) in [6.07, 6.45) is -3.82. The number of ether oxygens (including phenoxy) is 1. The lowest BCUT2D eigenvalue weighted by Crippen LogP contribution is -2.42. The molecule has 0 saturated carbocycles. The molecule has 9 heteroatoms. The molecule has 3 N–H and O–H groups in total. The second-order valence-electron chi connectivity index (χ2n) is 5.65. The largest absolute Gasteiger partial charge is 0.491 e.